The third-order valence-electron chi connectivity index (χ3n) is 4.57. The first kappa shape index (κ1) is 16.3. The van der Waals surface area contributed by atoms with Gasteiger partial charge in [-0.1, -0.05) is 19.1 Å². The van der Waals surface area contributed by atoms with E-state index >= 15 is 0 Å². The molecule has 1 aliphatic carbocycles. The molecule has 118 valence electrons. The van der Waals surface area contributed by atoms with Crippen LogP contribution in [0, 0.1) is 5.92 Å². The maximum Gasteiger partial charge on any atom is 0.0637 e. The van der Waals surface area contributed by atoms with Crippen molar-refractivity contribution in [2.75, 3.05) is 31.7 Å². The van der Waals surface area contributed by atoms with Crippen LogP contribution in [0.2, 0.25) is 0 Å². The topological polar surface area (TPSA) is 24.5 Å². The largest absolute Gasteiger partial charge is 0.383 e. The van der Waals surface area contributed by atoms with E-state index in [1.165, 1.54) is 24.1 Å². The summed E-state index contributed by atoms with van der Waals surface area (Å²) in [5, 5.41) is 3.46. The van der Waals surface area contributed by atoms with Crippen molar-refractivity contribution in [1.29, 1.82) is 0 Å². The highest BCUT2D eigenvalue weighted by Crippen LogP contribution is 2.37. The van der Waals surface area contributed by atoms with Crippen molar-refractivity contribution in [3.05, 3.63) is 29.8 Å². The van der Waals surface area contributed by atoms with Gasteiger partial charge >= 0.3 is 0 Å². The van der Waals surface area contributed by atoms with Crippen molar-refractivity contribution in [1.82, 2.24) is 5.32 Å². The Bertz CT molecular complexity index is 414. The standard InChI is InChI=1S/C18H30N2O/c1-5-19-14(2)16-8-10-18(11-9-16)20(12-13-21-4)15(3)17-6-7-17/h8-11,14-15,17,19H,5-7,12-13H2,1-4H3. The quantitative estimate of drug-likeness (QED) is 0.752. The van der Waals surface area contributed by atoms with E-state index in [-0.39, 0.29) is 0 Å². The van der Waals surface area contributed by atoms with Crippen LogP contribution in [-0.4, -0.2) is 32.8 Å². The van der Waals surface area contributed by atoms with Gasteiger partial charge in [0.1, 0.15) is 0 Å². The molecule has 21 heavy (non-hydrogen) atoms. The molecule has 2 rings (SSSR count). The number of nitrogens with one attached hydrogen (secondary N) is 1. The van der Waals surface area contributed by atoms with E-state index < -0.39 is 0 Å². The molecular formula is C18H30N2O. The van der Waals surface area contributed by atoms with E-state index in [1.807, 2.05) is 0 Å². The Hall–Kier alpha value is -1.06. The van der Waals surface area contributed by atoms with Crippen molar-refractivity contribution in [3.63, 3.8) is 0 Å². The van der Waals surface area contributed by atoms with Crippen LogP contribution in [0.1, 0.15) is 45.2 Å². The number of methoxy groups -OCH3 is 1. The van der Waals surface area contributed by atoms with E-state index in [0.717, 1.165) is 25.6 Å². The average molecular weight is 290 g/mol. The van der Waals surface area contributed by atoms with Gasteiger partial charge in [0, 0.05) is 31.4 Å². The summed E-state index contributed by atoms with van der Waals surface area (Å²) >= 11 is 0. The van der Waals surface area contributed by atoms with Crippen LogP contribution >= 0.6 is 0 Å². The minimum Gasteiger partial charge on any atom is -0.383 e. The zero-order chi connectivity index (χ0) is 15.2. The Labute approximate surface area is 129 Å². The summed E-state index contributed by atoms with van der Waals surface area (Å²) in [6.45, 7) is 9.47. The van der Waals surface area contributed by atoms with Gasteiger partial charge in [0.25, 0.3) is 0 Å². The zero-order valence-corrected chi connectivity index (χ0v) is 13.9. The molecule has 0 bridgehead atoms. The van der Waals surface area contributed by atoms with Crippen LogP contribution in [0.4, 0.5) is 5.69 Å². The number of rotatable bonds is 9. The smallest absolute Gasteiger partial charge is 0.0637 e. The molecular weight excluding hydrogens is 260 g/mol. The van der Waals surface area contributed by atoms with Crippen LogP contribution in [-0.2, 0) is 4.74 Å². The molecule has 0 aliphatic heterocycles. The summed E-state index contributed by atoms with van der Waals surface area (Å²) in [4.78, 5) is 2.50. The third kappa shape index (κ3) is 4.45. The Morgan fingerprint density at radius 3 is 2.43 bits per heavy atom. The third-order valence-corrected chi connectivity index (χ3v) is 4.57. The first-order valence-electron chi connectivity index (χ1n) is 8.26. The Morgan fingerprint density at radius 1 is 1.24 bits per heavy atom. The van der Waals surface area contributed by atoms with Gasteiger partial charge in [0.2, 0.25) is 0 Å². The van der Waals surface area contributed by atoms with Crippen molar-refractivity contribution in [3.8, 4) is 0 Å². The molecule has 0 aromatic heterocycles. The monoisotopic (exact) mass is 290 g/mol. The molecule has 0 radical (unpaired) electrons. The van der Waals surface area contributed by atoms with Crippen molar-refractivity contribution < 1.29 is 4.74 Å². The van der Waals surface area contributed by atoms with E-state index in [4.69, 9.17) is 4.74 Å². The molecule has 3 nitrogen and oxygen atoms in total. The van der Waals surface area contributed by atoms with Crippen molar-refractivity contribution >= 4 is 5.69 Å². The molecule has 0 heterocycles. The lowest BCUT2D eigenvalue weighted by Gasteiger charge is -2.31. The second-order valence-corrected chi connectivity index (χ2v) is 6.14. The Kier molecular flexibility index (Phi) is 6.07. The summed E-state index contributed by atoms with van der Waals surface area (Å²) in [5.74, 6) is 0.863. The van der Waals surface area contributed by atoms with Gasteiger partial charge in [-0.3, -0.25) is 0 Å². The van der Waals surface area contributed by atoms with Gasteiger partial charge in [-0.25, -0.2) is 0 Å². The van der Waals surface area contributed by atoms with Gasteiger partial charge in [-0.15, -0.1) is 0 Å². The number of nitrogens with zero attached hydrogens (tertiary/aromatic N) is 1. The molecule has 0 spiro atoms. The molecule has 3 heteroatoms. The van der Waals surface area contributed by atoms with Gasteiger partial charge in [0.05, 0.1) is 6.61 Å². The average Bonchev–Trinajstić information content (AvgIpc) is 3.33. The number of hydrogen-bond acceptors (Lipinski definition) is 3. The highest BCUT2D eigenvalue weighted by Gasteiger charge is 2.32. The van der Waals surface area contributed by atoms with E-state index in [9.17, 15) is 0 Å². The van der Waals surface area contributed by atoms with Crippen molar-refractivity contribution in [2.24, 2.45) is 5.92 Å². The highest BCUT2D eigenvalue weighted by atomic mass is 16.5. The van der Waals surface area contributed by atoms with Crippen LogP contribution in [0.15, 0.2) is 24.3 Å². The van der Waals surface area contributed by atoms with Gasteiger partial charge in [-0.2, -0.15) is 0 Å². The fraction of sp³-hybridized carbons (Fsp3) is 0.667. The number of hydrogen-bond donors (Lipinski definition) is 1. The van der Waals surface area contributed by atoms with Crippen LogP contribution in [0.5, 0.6) is 0 Å². The normalized spacial score (nSPS) is 17.5. The molecule has 1 aromatic rings. The van der Waals surface area contributed by atoms with E-state index in [0.29, 0.717) is 12.1 Å². The summed E-state index contributed by atoms with van der Waals surface area (Å²) < 4.78 is 5.29. The van der Waals surface area contributed by atoms with E-state index in [1.54, 1.807) is 7.11 Å². The summed E-state index contributed by atoms with van der Waals surface area (Å²) in [6.07, 6.45) is 2.75. The molecule has 2 unspecified atom stereocenters. The Morgan fingerprint density at radius 2 is 1.90 bits per heavy atom. The molecule has 1 saturated carbocycles. The van der Waals surface area contributed by atoms with Crippen LogP contribution < -0.4 is 10.2 Å². The lowest BCUT2D eigenvalue weighted by molar-refractivity contribution is 0.202. The second-order valence-electron chi connectivity index (χ2n) is 6.14. The predicted octanol–water partition coefficient (Wildman–Crippen LogP) is 3.61. The maximum atomic E-state index is 5.29. The SMILES string of the molecule is CCNC(C)c1ccc(N(CCOC)C(C)C2CC2)cc1. The minimum atomic E-state index is 0.414. The Balaban J connectivity index is 2.08. The zero-order valence-electron chi connectivity index (χ0n) is 13.9. The number of ether oxygens (including phenoxy) is 1. The van der Waals surface area contributed by atoms with Crippen molar-refractivity contribution in [2.45, 2.75) is 45.7 Å². The van der Waals surface area contributed by atoms with Crippen LogP contribution in [0.25, 0.3) is 0 Å². The summed E-state index contributed by atoms with van der Waals surface area (Å²) in [5.41, 5.74) is 2.67. The molecule has 1 N–H and O–H groups in total. The molecule has 1 fully saturated rings. The highest BCUT2D eigenvalue weighted by molar-refractivity contribution is 5.49. The maximum absolute atomic E-state index is 5.29. The lowest BCUT2D eigenvalue weighted by atomic mass is 10.1. The number of anilines is 1. The lowest BCUT2D eigenvalue weighted by Crippen LogP contribution is -2.37. The summed E-state index contributed by atoms with van der Waals surface area (Å²) in [6, 6.07) is 10.1. The molecule has 0 saturated heterocycles. The number of benzene rings is 1. The second kappa shape index (κ2) is 7.81. The van der Waals surface area contributed by atoms with Gasteiger partial charge < -0.3 is 15.0 Å². The van der Waals surface area contributed by atoms with Crippen LogP contribution in [0.3, 0.4) is 0 Å². The summed E-state index contributed by atoms with van der Waals surface area (Å²) in [7, 11) is 1.78. The molecule has 0 amide bonds. The fourth-order valence-corrected chi connectivity index (χ4v) is 2.97. The first-order valence-corrected chi connectivity index (χ1v) is 8.26. The van der Waals surface area contributed by atoms with Gasteiger partial charge in [0.15, 0.2) is 0 Å². The molecule has 1 aliphatic rings. The van der Waals surface area contributed by atoms with Gasteiger partial charge in [-0.05, 0) is 56.8 Å². The molecule has 1 aromatic carbocycles. The predicted molar refractivity (Wildman–Crippen MR) is 89.9 cm³/mol. The van der Waals surface area contributed by atoms with E-state index in [2.05, 4.69) is 55.3 Å². The fourth-order valence-electron chi connectivity index (χ4n) is 2.97. The minimum absolute atomic E-state index is 0.414. The molecule has 2 atom stereocenters. The first-order chi connectivity index (χ1) is 10.2.